The van der Waals surface area contributed by atoms with E-state index in [0.717, 1.165) is 22.9 Å². The lowest BCUT2D eigenvalue weighted by atomic mass is 10.0. The minimum Gasteiger partial charge on any atom is -0.344 e. The summed E-state index contributed by atoms with van der Waals surface area (Å²) in [6.07, 6.45) is 1.04. The maximum Gasteiger partial charge on any atom is 0.285 e. The Hall–Kier alpha value is -3.04. The molecule has 24 heavy (non-hydrogen) atoms. The average Bonchev–Trinajstić information content (AvgIpc) is 2.92. The molecular formula is C14H18N6O4. The van der Waals surface area contributed by atoms with Crippen molar-refractivity contribution in [1.29, 1.82) is 0 Å². The zero-order valence-electron chi connectivity index (χ0n) is 13.5. The zero-order valence-corrected chi connectivity index (χ0v) is 13.5. The molecule has 2 rings (SSSR count). The first kappa shape index (κ1) is 17.3. The fourth-order valence-electron chi connectivity index (χ4n) is 2.15. The highest BCUT2D eigenvalue weighted by Gasteiger charge is 2.22. The lowest BCUT2D eigenvalue weighted by molar-refractivity contribution is -0.385. The second-order valence-corrected chi connectivity index (χ2v) is 5.68. The van der Waals surface area contributed by atoms with Crippen LogP contribution in [-0.2, 0) is 11.3 Å². The third-order valence-corrected chi connectivity index (χ3v) is 3.37. The van der Waals surface area contributed by atoms with E-state index in [9.17, 15) is 19.7 Å². The highest BCUT2D eigenvalue weighted by Crippen LogP contribution is 2.18. The highest BCUT2D eigenvalue weighted by molar-refractivity contribution is 5.76. The van der Waals surface area contributed by atoms with Crippen LogP contribution in [0.4, 0.5) is 5.69 Å². The second kappa shape index (κ2) is 7.02. The number of carbonyl (C=O) groups excluding carboxylic acids is 1. The van der Waals surface area contributed by atoms with E-state index in [2.05, 4.69) is 20.5 Å². The lowest BCUT2D eigenvalue weighted by Crippen LogP contribution is -2.37. The van der Waals surface area contributed by atoms with Crippen molar-refractivity contribution in [2.24, 2.45) is 5.92 Å². The summed E-state index contributed by atoms with van der Waals surface area (Å²) >= 11 is 0. The van der Waals surface area contributed by atoms with Crippen LogP contribution in [0.3, 0.4) is 0 Å². The van der Waals surface area contributed by atoms with E-state index < -0.39 is 22.4 Å². The largest absolute Gasteiger partial charge is 0.344 e. The number of nitro groups is 1. The van der Waals surface area contributed by atoms with Gasteiger partial charge in [0.2, 0.25) is 5.91 Å². The zero-order chi connectivity index (χ0) is 17.9. The number of pyridine rings is 1. The van der Waals surface area contributed by atoms with Gasteiger partial charge in [0.25, 0.3) is 11.2 Å². The molecule has 2 N–H and O–H groups in total. The second-order valence-electron chi connectivity index (χ2n) is 5.68. The summed E-state index contributed by atoms with van der Waals surface area (Å²) in [6, 6.07) is 1.73. The van der Waals surface area contributed by atoms with Crippen molar-refractivity contribution in [1.82, 2.24) is 25.1 Å². The van der Waals surface area contributed by atoms with Crippen molar-refractivity contribution in [2.45, 2.75) is 33.4 Å². The van der Waals surface area contributed by atoms with Crippen LogP contribution in [0, 0.1) is 23.0 Å². The number of rotatable bonds is 6. The molecule has 10 heteroatoms. The lowest BCUT2D eigenvalue weighted by Gasteiger charge is -2.19. The van der Waals surface area contributed by atoms with Gasteiger partial charge < -0.3 is 5.32 Å². The topological polar surface area (TPSA) is 136 Å². The highest BCUT2D eigenvalue weighted by atomic mass is 16.6. The Kier molecular flexibility index (Phi) is 5.07. The molecule has 0 aliphatic heterocycles. The van der Waals surface area contributed by atoms with Gasteiger partial charge in [0.15, 0.2) is 5.82 Å². The minimum atomic E-state index is -0.624. The monoisotopic (exact) mass is 334 g/mol. The molecule has 0 saturated carbocycles. The van der Waals surface area contributed by atoms with Crippen LogP contribution in [0.1, 0.15) is 31.5 Å². The normalized spacial score (nSPS) is 12.2. The van der Waals surface area contributed by atoms with Crippen molar-refractivity contribution in [3.05, 3.63) is 50.4 Å². The van der Waals surface area contributed by atoms with Crippen LogP contribution in [0.5, 0.6) is 0 Å². The van der Waals surface area contributed by atoms with E-state index in [4.69, 9.17) is 0 Å². The van der Waals surface area contributed by atoms with Crippen molar-refractivity contribution in [2.75, 3.05) is 0 Å². The molecular weight excluding hydrogens is 316 g/mol. The average molecular weight is 334 g/mol. The fraction of sp³-hybridized carbons (Fsp3) is 0.429. The van der Waals surface area contributed by atoms with Crippen LogP contribution in [0.25, 0.3) is 0 Å². The molecule has 2 aromatic rings. The predicted molar refractivity (Wildman–Crippen MR) is 84.2 cm³/mol. The minimum absolute atomic E-state index is 0.0194. The summed E-state index contributed by atoms with van der Waals surface area (Å²) in [5.41, 5.74) is -0.752. The molecule has 0 bridgehead atoms. The Morgan fingerprint density at radius 3 is 2.71 bits per heavy atom. The van der Waals surface area contributed by atoms with Crippen LogP contribution in [0.2, 0.25) is 0 Å². The molecule has 0 aromatic carbocycles. The first-order chi connectivity index (χ1) is 11.3. The smallest absolute Gasteiger partial charge is 0.285 e. The number of nitrogens with one attached hydrogen (secondary N) is 2. The van der Waals surface area contributed by atoms with Gasteiger partial charge in [0.05, 0.1) is 17.2 Å². The standard InChI is InChI=1S/C14H18N6O4/c1-8(2)13(14-15-9(3)17-18-14)16-11(21)7-19-6-10(20(23)24)4-5-12(19)22/h4-6,8,13H,7H2,1-3H3,(H,16,21)(H,15,17,18)/t13-/m1/s1. The van der Waals surface area contributed by atoms with Gasteiger partial charge in [0, 0.05) is 12.1 Å². The van der Waals surface area contributed by atoms with Gasteiger partial charge in [-0.3, -0.25) is 29.4 Å². The Morgan fingerprint density at radius 2 is 2.17 bits per heavy atom. The van der Waals surface area contributed by atoms with Crippen molar-refractivity contribution in [3.63, 3.8) is 0 Å². The van der Waals surface area contributed by atoms with Crippen molar-refractivity contribution in [3.8, 4) is 0 Å². The Morgan fingerprint density at radius 1 is 1.46 bits per heavy atom. The summed E-state index contributed by atoms with van der Waals surface area (Å²) in [5.74, 6) is 0.631. The molecule has 0 aliphatic carbocycles. The molecule has 2 heterocycles. The van der Waals surface area contributed by atoms with Gasteiger partial charge in [-0.05, 0) is 12.8 Å². The van der Waals surface area contributed by atoms with Gasteiger partial charge in [-0.25, -0.2) is 4.98 Å². The van der Waals surface area contributed by atoms with E-state index in [1.807, 2.05) is 13.8 Å². The number of nitrogens with zero attached hydrogens (tertiary/aromatic N) is 4. The van der Waals surface area contributed by atoms with E-state index in [-0.39, 0.29) is 18.2 Å². The third-order valence-electron chi connectivity index (χ3n) is 3.37. The molecule has 0 unspecified atom stereocenters. The van der Waals surface area contributed by atoms with Crippen LogP contribution >= 0.6 is 0 Å². The van der Waals surface area contributed by atoms with Crippen LogP contribution in [-0.4, -0.2) is 30.6 Å². The molecule has 0 saturated heterocycles. The molecule has 0 aliphatic rings. The van der Waals surface area contributed by atoms with Gasteiger partial charge in [-0.15, -0.1) is 0 Å². The first-order valence-corrected chi connectivity index (χ1v) is 7.31. The molecule has 0 spiro atoms. The van der Waals surface area contributed by atoms with E-state index in [0.29, 0.717) is 11.6 Å². The fourth-order valence-corrected chi connectivity index (χ4v) is 2.15. The number of carbonyl (C=O) groups is 1. The number of aromatic amines is 1. The molecule has 0 radical (unpaired) electrons. The molecule has 10 nitrogen and oxygen atoms in total. The van der Waals surface area contributed by atoms with E-state index in [1.165, 1.54) is 0 Å². The van der Waals surface area contributed by atoms with Crippen molar-refractivity contribution >= 4 is 11.6 Å². The van der Waals surface area contributed by atoms with E-state index >= 15 is 0 Å². The third kappa shape index (κ3) is 4.03. The number of H-pyrrole nitrogens is 1. The first-order valence-electron chi connectivity index (χ1n) is 7.31. The SMILES string of the molecule is Cc1nc([C@H](NC(=O)Cn2cc([N+](=O)[O-])ccc2=O)C(C)C)n[nH]1. The Bertz CT molecular complexity index is 810. The van der Waals surface area contributed by atoms with Gasteiger partial charge >= 0.3 is 0 Å². The summed E-state index contributed by atoms with van der Waals surface area (Å²) in [6.45, 7) is 5.22. The van der Waals surface area contributed by atoms with Gasteiger partial charge in [-0.2, -0.15) is 5.10 Å². The summed E-state index contributed by atoms with van der Waals surface area (Å²) in [5, 5.41) is 20.3. The molecule has 128 valence electrons. The molecule has 2 aromatic heterocycles. The Labute approximate surface area is 137 Å². The number of hydrogen-bond acceptors (Lipinski definition) is 6. The molecule has 1 amide bonds. The van der Waals surface area contributed by atoms with Gasteiger partial charge in [-0.1, -0.05) is 13.8 Å². The van der Waals surface area contributed by atoms with Gasteiger partial charge in [0.1, 0.15) is 12.4 Å². The van der Waals surface area contributed by atoms with Crippen molar-refractivity contribution < 1.29 is 9.72 Å². The Balaban J connectivity index is 2.16. The van der Waals surface area contributed by atoms with Crippen LogP contribution in [0.15, 0.2) is 23.1 Å². The number of aromatic nitrogens is 4. The van der Waals surface area contributed by atoms with E-state index in [1.54, 1.807) is 6.92 Å². The molecule has 0 fully saturated rings. The summed E-state index contributed by atoms with van der Waals surface area (Å²) < 4.78 is 0.994. The number of amides is 1. The quantitative estimate of drug-likeness (QED) is 0.589. The predicted octanol–water partition coefficient (Wildman–Crippen LogP) is 0.697. The number of hydrogen-bond donors (Lipinski definition) is 2. The number of aryl methyl sites for hydroxylation is 1. The summed E-state index contributed by atoms with van der Waals surface area (Å²) in [7, 11) is 0. The summed E-state index contributed by atoms with van der Waals surface area (Å²) in [4.78, 5) is 38.3. The molecule has 1 atom stereocenters. The van der Waals surface area contributed by atoms with Crippen LogP contribution < -0.4 is 10.9 Å². The maximum atomic E-state index is 12.2. The maximum absolute atomic E-state index is 12.2.